The first-order chi connectivity index (χ1) is 11.5. The average Bonchev–Trinajstić information content (AvgIpc) is 3.00. The van der Waals surface area contributed by atoms with E-state index in [9.17, 15) is 14.0 Å². The van der Waals surface area contributed by atoms with E-state index in [0.717, 1.165) is 10.9 Å². The molecule has 5 heteroatoms. The van der Waals surface area contributed by atoms with Crippen molar-refractivity contribution >= 4 is 22.7 Å². The zero-order valence-corrected chi connectivity index (χ0v) is 13.1. The number of fused-ring (bicyclic) bond motifs is 1. The summed E-state index contributed by atoms with van der Waals surface area (Å²) in [5.74, 6) is -1.16. The number of para-hydroxylation sites is 1. The number of aromatic amines is 1. The second-order valence-corrected chi connectivity index (χ2v) is 5.55. The topological polar surface area (TPSA) is 59.2 Å². The van der Waals surface area contributed by atoms with Crippen LogP contribution in [0.2, 0.25) is 0 Å². The van der Waals surface area contributed by atoms with Crippen LogP contribution in [0.5, 0.6) is 0 Å². The van der Waals surface area contributed by atoms with Crippen LogP contribution in [0.4, 0.5) is 4.39 Å². The number of aromatic nitrogens is 1. The normalized spacial score (nSPS) is 12.1. The number of hydrogen-bond acceptors (Lipinski definition) is 3. The van der Waals surface area contributed by atoms with Gasteiger partial charge in [0.15, 0.2) is 6.10 Å². The molecule has 2 aromatic carbocycles. The van der Waals surface area contributed by atoms with E-state index in [1.807, 2.05) is 24.3 Å². The lowest BCUT2D eigenvalue weighted by Crippen LogP contribution is -2.25. The van der Waals surface area contributed by atoms with Gasteiger partial charge < -0.3 is 9.72 Å². The van der Waals surface area contributed by atoms with Crippen LogP contribution in [-0.4, -0.2) is 22.8 Å². The Balaban J connectivity index is 1.67. The van der Waals surface area contributed by atoms with Crippen molar-refractivity contribution in [2.24, 2.45) is 0 Å². The highest BCUT2D eigenvalue weighted by Crippen LogP contribution is 2.20. The van der Waals surface area contributed by atoms with Gasteiger partial charge in [-0.2, -0.15) is 0 Å². The molecule has 0 spiro atoms. The van der Waals surface area contributed by atoms with E-state index in [1.54, 1.807) is 13.1 Å². The Labute approximate surface area is 138 Å². The average molecular weight is 325 g/mol. The molecule has 0 fully saturated rings. The number of Topliss-reactive ketones (excluding diaryl/α,β-unsaturated/α-hetero) is 1. The number of rotatable bonds is 5. The lowest BCUT2D eigenvalue weighted by molar-refractivity contribution is -0.145. The number of ether oxygens (including phenoxy) is 1. The summed E-state index contributed by atoms with van der Waals surface area (Å²) in [6, 6.07) is 13.0. The van der Waals surface area contributed by atoms with Crippen LogP contribution in [0, 0.1) is 5.82 Å². The van der Waals surface area contributed by atoms with Crippen molar-refractivity contribution < 1.29 is 18.7 Å². The van der Waals surface area contributed by atoms with Gasteiger partial charge in [0.2, 0.25) is 5.78 Å². The molecule has 0 saturated heterocycles. The Morgan fingerprint density at radius 3 is 2.58 bits per heavy atom. The summed E-state index contributed by atoms with van der Waals surface area (Å²) in [6.07, 6.45) is 0.723. The summed E-state index contributed by atoms with van der Waals surface area (Å²) in [5, 5.41) is 0.795. The number of carbonyl (C=O) groups excluding carboxylic acids is 2. The maximum Gasteiger partial charge on any atom is 0.310 e. The molecule has 4 nitrogen and oxygen atoms in total. The highest BCUT2D eigenvalue weighted by atomic mass is 19.1. The third kappa shape index (κ3) is 3.35. The van der Waals surface area contributed by atoms with Gasteiger partial charge in [-0.15, -0.1) is 0 Å². The second kappa shape index (κ2) is 6.66. The SMILES string of the molecule is CC(OC(=O)Cc1ccc(F)cc1)C(=O)c1c[nH]c2ccccc12. The lowest BCUT2D eigenvalue weighted by Gasteiger charge is -2.12. The van der Waals surface area contributed by atoms with Crippen LogP contribution >= 0.6 is 0 Å². The number of H-pyrrole nitrogens is 1. The zero-order valence-electron chi connectivity index (χ0n) is 13.1. The van der Waals surface area contributed by atoms with E-state index in [2.05, 4.69) is 4.98 Å². The van der Waals surface area contributed by atoms with E-state index in [1.165, 1.54) is 24.3 Å². The van der Waals surface area contributed by atoms with Crippen LogP contribution in [0.15, 0.2) is 54.7 Å². The predicted molar refractivity (Wildman–Crippen MR) is 88.3 cm³/mol. The van der Waals surface area contributed by atoms with Crippen LogP contribution in [-0.2, 0) is 16.0 Å². The summed E-state index contributed by atoms with van der Waals surface area (Å²) in [7, 11) is 0. The van der Waals surface area contributed by atoms with Gasteiger partial charge in [0.05, 0.1) is 6.42 Å². The summed E-state index contributed by atoms with van der Waals surface area (Å²) in [5.41, 5.74) is 1.98. The third-order valence-corrected chi connectivity index (χ3v) is 3.79. The first kappa shape index (κ1) is 15.9. The second-order valence-electron chi connectivity index (χ2n) is 5.55. The molecule has 1 N–H and O–H groups in total. The highest BCUT2D eigenvalue weighted by Gasteiger charge is 2.22. The standard InChI is InChI=1S/C19H16FNO3/c1-12(24-18(22)10-13-6-8-14(20)9-7-13)19(23)16-11-21-17-5-3-2-4-15(16)17/h2-9,11-12,21H,10H2,1H3. The van der Waals surface area contributed by atoms with Gasteiger partial charge >= 0.3 is 5.97 Å². The molecule has 0 amide bonds. The van der Waals surface area contributed by atoms with Crippen molar-refractivity contribution in [3.8, 4) is 0 Å². The van der Waals surface area contributed by atoms with Crippen LogP contribution in [0.3, 0.4) is 0 Å². The van der Waals surface area contributed by atoms with Gasteiger partial charge in [0.25, 0.3) is 0 Å². The molecule has 0 aliphatic carbocycles. The van der Waals surface area contributed by atoms with Crippen LogP contribution < -0.4 is 0 Å². The molecule has 0 aliphatic rings. The molecule has 0 saturated carbocycles. The molecule has 0 radical (unpaired) electrons. The van der Waals surface area contributed by atoms with Gasteiger partial charge in [0.1, 0.15) is 5.82 Å². The Kier molecular flexibility index (Phi) is 4.42. The molecule has 1 atom stereocenters. The largest absolute Gasteiger partial charge is 0.454 e. The van der Waals surface area contributed by atoms with Gasteiger partial charge in [-0.05, 0) is 30.7 Å². The van der Waals surface area contributed by atoms with E-state index in [0.29, 0.717) is 11.1 Å². The number of nitrogens with one attached hydrogen (secondary N) is 1. The molecule has 24 heavy (non-hydrogen) atoms. The molecule has 122 valence electrons. The summed E-state index contributed by atoms with van der Waals surface area (Å²) in [4.78, 5) is 27.5. The number of halogens is 1. The molecular formula is C19H16FNO3. The van der Waals surface area contributed by atoms with Crippen LogP contribution in [0.25, 0.3) is 10.9 Å². The molecular weight excluding hydrogens is 309 g/mol. The Morgan fingerprint density at radius 1 is 1.12 bits per heavy atom. The van der Waals surface area contributed by atoms with Crippen molar-refractivity contribution in [1.29, 1.82) is 0 Å². The fourth-order valence-corrected chi connectivity index (χ4v) is 2.56. The molecule has 3 aromatic rings. The van der Waals surface area contributed by atoms with E-state index < -0.39 is 12.1 Å². The van der Waals surface area contributed by atoms with Crippen LogP contribution in [0.1, 0.15) is 22.8 Å². The molecule has 1 aromatic heterocycles. The zero-order chi connectivity index (χ0) is 17.1. The van der Waals surface area contributed by atoms with Crippen molar-refractivity contribution in [3.63, 3.8) is 0 Å². The first-order valence-electron chi connectivity index (χ1n) is 7.59. The van der Waals surface area contributed by atoms with Gasteiger partial charge in [-0.1, -0.05) is 30.3 Å². The molecule has 3 rings (SSSR count). The monoisotopic (exact) mass is 325 g/mol. The Hall–Kier alpha value is -2.95. The van der Waals surface area contributed by atoms with E-state index in [-0.39, 0.29) is 18.0 Å². The third-order valence-electron chi connectivity index (χ3n) is 3.79. The van der Waals surface area contributed by atoms with Gasteiger partial charge in [-0.3, -0.25) is 9.59 Å². The van der Waals surface area contributed by atoms with E-state index in [4.69, 9.17) is 4.74 Å². The molecule has 0 aliphatic heterocycles. The summed E-state index contributed by atoms with van der Waals surface area (Å²) >= 11 is 0. The minimum atomic E-state index is -0.892. The number of esters is 1. The minimum Gasteiger partial charge on any atom is -0.454 e. The van der Waals surface area contributed by atoms with Crippen molar-refractivity contribution in [3.05, 3.63) is 71.7 Å². The molecule has 1 heterocycles. The molecule has 1 unspecified atom stereocenters. The lowest BCUT2D eigenvalue weighted by atomic mass is 10.1. The first-order valence-corrected chi connectivity index (χ1v) is 7.59. The number of carbonyl (C=O) groups is 2. The van der Waals surface area contributed by atoms with Crippen molar-refractivity contribution in [2.45, 2.75) is 19.4 Å². The fourth-order valence-electron chi connectivity index (χ4n) is 2.56. The fraction of sp³-hybridized carbons (Fsp3) is 0.158. The number of benzene rings is 2. The Morgan fingerprint density at radius 2 is 1.83 bits per heavy atom. The minimum absolute atomic E-state index is 0.00815. The van der Waals surface area contributed by atoms with E-state index >= 15 is 0 Å². The van der Waals surface area contributed by atoms with Crippen molar-refractivity contribution in [1.82, 2.24) is 4.98 Å². The summed E-state index contributed by atoms with van der Waals surface area (Å²) < 4.78 is 18.1. The number of hydrogen-bond donors (Lipinski definition) is 1. The van der Waals surface area contributed by atoms with Crippen molar-refractivity contribution in [2.75, 3.05) is 0 Å². The van der Waals surface area contributed by atoms with Gasteiger partial charge in [0, 0.05) is 22.7 Å². The quantitative estimate of drug-likeness (QED) is 0.575. The molecule has 0 bridgehead atoms. The summed E-state index contributed by atoms with van der Waals surface area (Å²) in [6.45, 7) is 1.55. The predicted octanol–water partition coefficient (Wildman–Crippen LogP) is 3.66. The maximum atomic E-state index is 12.9. The number of ketones is 1. The maximum absolute atomic E-state index is 12.9. The Bertz CT molecular complexity index is 883. The van der Waals surface area contributed by atoms with Gasteiger partial charge in [-0.25, -0.2) is 4.39 Å². The smallest absolute Gasteiger partial charge is 0.310 e. The highest BCUT2D eigenvalue weighted by molar-refractivity contribution is 6.10.